The number of amides is 3. The van der Waals surface area contributed by atoms with Crippen LogP contribution in [0.4, 0.5) is 16.2 Å². The number of hydrogen-bond acceptors (Lipinski definition) is 3. The van der Waals surface area contributed by atoms with E-state index in [-0.39, 0.29) is 5.91 Å². The number of carbonyl (C=O) groups excluding carboxylic acids is 2. The molecule has 6 nitrogen and oxygen atoms in total. The zero-order chi connectivity index (χ0) is 28.4. The van der Waals surface area contributed by atoms with Crippen LogP contribution in [0.1, 0.15) is 33.2 Å². The van der Waals surface area contributed by atoms with Gasteiger partial charge in [0.1, 0.15) is 11.9 Å². The van der Waals surface area contributed by atoms with Gasteiger partial charge < -0.3 is 20.3 Å². The molecule has 0 fully saturated rings. The van der Waals surface area contributed by atoms with Crippen molar-refractivity contribution in [3.05, 3.63) is 162 Å². The van der Waals surface area contributed by atoms with Crippen molar-refractivity contribution in [1.82, 2.24) is 4.90 Å². The fourth-order valence-corrected chi connectivity index (χ4v) is 4.54. The van der Waals surface area contributed by atoms with Gasteiger partial charge in [0.05, 0.1) is 5.56 Å². The quantitative estimate of drug-likeness (QED) is 0.200. The lowest BCUT2D eigenvalue weighted by Gasteiger charge is -2.24. The third-order valence-electron chi connectivity index (χ3n) is 6.56. The van der Waals surface area contributed by atoms with Crippen molar-refractivity contribution in [2.45, 2.75) is 12.6 Å². The Bertz CT molecular complexity index is 1540. The number of carbonyl (C=O) groups is 2. The van der Waals surface area contributed by atoms with Crippen molar-refractivity contribution in [2.24, 2.45) is 0 Å². The van der Waals surface area contributed by atoms with E-state index in [9.17, 15) is 9.59 Å². The molecule has 204 valence electrons. The van der Waals surface area contributed by atoms with Crippen molar-refractivity contribution >= 4 is 23.3 Å². The first-order valence-electron chi connectivity index (χ1n) is 13.4. The number of anilines is 2. The molecule has 0 aliphatic carbocycles. The Morgan fingerprint density at radius 1 is 0.659 bits per heavy atom. The molecule has 0 unspecified atom stereocenters. The molecule has 5 aromatic rings. The number of benzene rings is 5. The molecular weight excluding hydrogens is 510 g/mol. The van der Waals surface area contributed by atoms with Crippen molar-refractivity contribution in [2.75, 3.05) is 17.7 Å². The lowest BCUT2D eigenvalue weighted by atomic mass is 10.0. The molecule has 2 N–H and O–H groups in total. The maximum atomic E-state index is 13.9. The fourth-order valence-electron chi connectivity index (χ4n) is 4.54. The summed E-state index contributed by atoms with van der Waals surface area (Å²) in [5.41, 5.74) is 4.40. The van der Waals surface area contributed by atoms with Gasteiger partial charge in [-0.15, -0.1) is 0 Å². The largest absolute Gasteiger partial charge is 0.480 e. The van der Waals surface area contributed by atoms with E-state index < -0.39 is 12.1 Å². The minimum Gasteiger partial charge on any atom is -0.480 e. The highest BCUT2D eigenvalue weighted by Crippen LogP contribution is 2.33. The number of para-hydroxylation sites is 1. The molecule has 3 amide bonds. The monoisotopic (exact) mass is 541 g/mol. The summed E-state index contributed by atoms with van der Waals surface area (Å²) in [4.78, 5) is 28.2. The smallest absolute Gasteiger partial charge is 0.323 e. The molecule has 0 radical (unpaired) electrons. The second-order valence-electron chi connectivity index (χ2n) is 9.62. The zero-order valence-corrected chi connectivity index (χ0v) is 22.7. The van der Waals surface area contributed by atoms with Crippen LogP contribution < -0.4 is 15.4 Å². The summed E-state index contributed by atoms with van der Waals surface area (Å²) in [6, 6.07) is 43.5. The first kappa shape index (κ1) is 27.2. The Labute approximate surface area is 240 Å². The average Bonchev–Trinajstić information content (AvgIpc) is 3.01. The SMILES string of the molecule is CN(Cc1ccccc1)C(=O)c1cc(NC(=O)Nc2ccccc2)ccc1OC(c1ccccc1)c1ccccc1. The standard InChI is InChI=1S/C35H31N3O3/c1-38(25-26-14-6-2-7-15-26)34(39)31-24-30(37-35(40)36-29-20-12-5-13-21-29)22-23-32(31)41-33(27-16-8-3-9-17-27)28-18-10-4-11-19-28/h2-24,33H,25H2,1H3,(H2,36,37,40). The third-order valence-corrected chi connectivity index (χ3v) is 6.56. The van der Waals surface area contributed by atoms with Crippen LogP contribution >= 0.6 is 0 Å². The Morgan fingerprint density at radius 3 is 1.76 bits per heavy atom. The highest BCUT2D eigenvalue weighted by atomic mass is 16.5. The first-order valence-corrected chi connectivity index (χ1v) is 13.4. The maximum absolute atomic E-state index is 13.9. The lowest BCUT2D eigenvalue weighted by molar-refractivity contribution is 0.0778. The molecule has 6 heteroatoms. The molecule has 0 saturated heterocycles. The summed E-state index contributed by atoms with van der Waals surface area (Å²) in [6.45, 7) is 0.423. The average molecular weight is 542 g/mol. The van der Waals surface area contributed by atoms with Gasteiger partial charge in [-0.3, -0.25) is 4.79 Å². The van der Waals surface area contributed by atoms with E-state index in [0.717, 1.165) is 16.7 Å². The Morgan fingerprint density at radius 2 is 1.17 bits per heavy atom. The Hall–Kier alpha value is -5.36. The minimum atomic E-state index is -0.441. The van der Waals surface area contributed by atoms with Crippen LogP contribution in [0.2, 0.25) is 0 Å². The third kappa shape index (κ3) is 7.19. The predicted octanol–water partition coefficient (Wildman–Crippen LogP) is 7.77. The molecule has 0 heterocycles. The summed E-state index contributed by atoms with van der Waals surface area (Å²) >= 11 is 0. The number of ether oxygens (including phenoxy) is 1. The molecule has 0 saturated carbocycles. The number of nitrogens with one attached hydrogen (secondary N) is 2. The molecule has 0 aromatic heterocycles. The summed E-state index contributed by atoms with van der Waals surface area (Å²) in [5.74, 6) is 0.192. The first-order chi connectivity index (χ1) is 20.1. The summed E-state index contributed by atoms with van der Waals surface area (Å²) in [5, 5.41) is 5.65. The molecule has 5 aromatic carbocycles. The van der Waals surface area contributed by atoms with Crippen molar-refractivity contribution in [3.63, 3.8) is 0 Å². The molecule has 0 bridgehead atoms. The normalized spacial score (nSPS) is 10.6. The number of hydrogen-bond donors (Lipinski definition) is 2. The topological polar surface area (TPSA) is 70.7 Å². The highest BCUT2D eigenvalue weighted by Gasteiger charge is 2.23. The van der Waals surface area contributed by atoms with Crippen LogP contribution in [-0.2, 0) is 6.54 Å². The molecule has 0 aliphatic rings. The molecule has 5 rings (SSSR count). The van der Waals surface area contributed by atoms with Gasteiger partial charge in [-0.25, -0.2) is 4.79 Å². The van der Waals surface area contributed by atoms with E-state index in [0.29, 0.717) is 29.2 Å². The van der Waals surface area contributed by atoms with Crippen molar-refractivity contribution in [3.8, 4) is 5.75 Å². The van der Waals surface area contributed by atoms with Gasteiger partial charge in [0.15, 0.2) is 0 Å². The van der Waals surface area contributed by atoms with Crippen LogP contribution in [0.3, 0.4) is 0 Å². The Kier molecular flexibility index (Phi) is 8.72. The second-order valence-corrected chi connectivity index (χ2v) is 9.62. The van der Waals surface area contributed by atoms with Crippen LogP contribution in [-0.4, -0.2) is 23.9 Å². The Balaban J connectivity index is 1.47. The number of nitrogens with zero attached hydrogens (tertiary/aromatic N) is 1. The fraction of sp³-hybridized carbons (Fsp3) is 0.0857. The van der Waals surface area contributed by atoms with E-state index in [1.165, 1.54) is 0 Å². The van der Waals surface area contributed by atoms with Gasteiger partial charge in [-0.2, -0.15) is 0 Å². The summed E-state index contributed by atoms with van der Waals surface area (Å²) in [6.07, 6.45) is -0.441. The van der Waals surface area contributed by atoms with Crippen molar-refractivity contribution in [1.29, 1.82) is 0 Å². The summed E-state index contributed by atoms with van der Waals surface area (Å²) < 4.78 is 6.62. The van der Waals surface area contributed by atoms with Gasteiger partial charge in [0.25, 0.3) is 5.91 Å². The number of urea groups is 1. The van der Waals surface area contributed by atoms with E-state index in [1.807, 2.05) is 109 Å². The predicted molar refractivity (Wildman–Crippen MR) is 163 cm³/mol. The minimum absolute atomic E-state index is 0.226. The van der Waals surface area contributed by atoms with E-state index in [1.54, 1.807) is 42.3 Å². The van der Waals surface area contributed by atoms with E-state index in [2.05, 4.69) is 10.6 Å². The number of rotatable bonds is 9. The van der Waals surface area contributed by atoms with Crippen LogP contribution in [0.15, 0.2) is 140 Å². The highest BCUT2D eigenvalue weighted by molar-refractivity contribution is 6.02. The van der Waals surface area contributed by atoms with Gasteiger partial charge in [0.2, 0.25) is 0 Å². The lowest BCUT2D eigenvalue weighted by Crippen LogP contribution is -2.27. The molecular formula is C35H31N3O3. The van der Waals surface area contributed by atoms with Gasteiger partial charge in [0, 0.05) is 25.0 Å². The van der Waals surface area contributed by atoms with Crippen molar-refractivity contribution < 1.29 is 14.3 Å². The van der Waals surface area contributed by atoms with Gasteiger partial charge in [-0.05, 0) is 47.0 Å². The zero-order valence-electron chi connectivity index (χ0n) is 22.7. The molecule has 0 atom stereocenters. The van der Waals surface area contributed by atoms with E-state index in [4.69, 9.17) is 4.74 Å². The molecule has 0 spiro atoms. The van der Waals surface area contributed by atoms with E-state index >= 15 is 0 Å². The summed E-state index contributed by atoms with van der Waals surface area (Å²) in [7, 11) is 1.76. The van der Waals surface area contributed by atoms with Crippen LogP contribution in [0.25, 0.3) is 0 Å². The second kappa shape index (κ2) is 13.1. The van der Waals surface area contributed by atoms with Crippen LogP contribution in [0, 0.1) is 0 Å². The molecule has 0 aliphatic heterocycles. The van der Waals surface area contributed by atoms with Gasteiger partial charge in [-0.1, -0.05) is 109 Å². The molecule has 41 heavy (non-hydrogen) atoms. The van der Waals surface area contributed by atoms with Gasteiger partial charge >= 0.3 is 6.03 Å². The maximum Gasteiger partial charge on any atom is 0.323 e. The van der Waals surface area contributed by atoms with Crippen LogP contribution in [0.5, 0.6) is 5.75 Å².